The number of hydrogen-bond acceptors (Lipinski definition) is 3. The molecule has 22 heavy (non-hydrogen) atoms. The lowest BCUT2D eigenvalue weighted by molar-refractivity contribution is -0.121. The van der Waals surface area contributed by atoms with Crippen LogP contribution in [0.3, 0.4) is 0 Å². The van der Waals surface area contributed by atoms with Crippen LogP contribution in [0.5, 0.6) is 0 Å². The molecule has 0 spiro atoms. The maximum atomic E-state index is 13.6. The lowest BCUT2D eigenvalue weighted by atomic mass is 10.1. The second-order valence-electron chi connectivity index (χ2n) is 5.23. The predicted molar refractivity (Wildman–Crippen MR) is 83.5 cm³/mol. The van der Waals surface area contributed by atoms with Gasteiger partial charge in [0.25, 0.3) is 0 Å². The first kappa shape index (κ1) is 14.8. The first-order valence-electron chi connectivity index (χ1n) is 7.01. The topological polar surface area (TPSA) is 45.2 Å². The fourth-order valence-corrected chi connectivity index (χ4v) is 2.67. The Morgan fingerprint density at radius 1 is 1.32 bits per heavy atom. The molecule has 4 nitrogen and oxygen atoms in total. The maximum absolute atomic E-state index is 13.6. The highest BCUT2D eigenvalue weighted by atomic mass is 35.5. The summed E-state index contributed by atoms with van der Waals surface area (Å²) in [6, 6.07) is 10.2. The number of hydrogen-bond donors (Lipinski definition) is 1. The maximum Gasteiger partial charge on any atom is 0.224 e. The molecule has 1 aromatic carbocycles. The normalized spacial score (nSPS) is 14.5. The van der Waals surface area contributed by atoms with Gasteiger partial charge in [0.05, 0.1) is 12.5 Å². The van der Waals surface area contributed by atoms with Crippen molar-refractivity contribution in [3.8, 4) is 0 Å². The molecular formula is C16H15ClFN3O. The molecule has 1 saturated heterocycles. The molecule has 0 unspecified atom stereocenters. The molecule has 6 heteroatoms. The van der Waals surface area contributed by atoms with Crippen molar-refractivity contribution in [3.05, 3.63) is 59.0 Å². The summed E-state index contributed by atoms with van der Waals surface area (Å²) in [5, 5.41) is 3.16. The molecule has 1 N–H and O–H groups in total. The van der Waals surface area contributed by atoms with Gasteiger partial charge in [-0.15, -0.1) is 0 Å². The molecule has 1 aromatic heterocycles. The summed E-state index contributed by atoms with van der Waals surface area (Å²) in [6.45, 7) is 1.40. The molecule has 0 radical (unpaired) electrons. The Bertz CT molecular complexity index is 654. The van der Waals surface area contributed by atoms with E-state index in [1.807, 2.05) is 18.2 Å². The summed E-state index contributed by atoms with van der Waals surface area (Å²) in [5.41, 5.74) is 0.238. The third-order valence-corrected chi connectivity index (χ3v) is 3.97. The van der Waals surface area contributed by atoms with E-state index in [4.69, 9.17) is 11.6 Å². The van der Waals surface area contributed by atoms with E-state index >= 15 is 0 Å². The monoisotopic (exact) mass is 319 g/mol. The number of halogens is 2. The van der Waals surface area contributed by atoms with E-state index in [-0.39, 0.29) is 29.0 Å². The van der Waals surface area contributed by atoms with Crippen LogP contribution in [0.15, 0.2) is 42.6 Å². The van der Waals surface area contributed by atoms with Gasteiger partial charge < -0.3 is 10.2 Å². The Hall–Kier alpha value is -2.14. The van der Waals surface area contributed by atoms with Crippen molar-refractivity contribution in [1.82, 2.24) is 10.3 Å². The van der Waals surface area contributed by atoms with Crippen LogP contribution < -0.4 is 10.2 Å². The van der Waals surface area contributed by atoms with Gasteiger partial charge in [0.1, 0.15) is 11.6 Å². The first-order chi connectivity index (χ1) is 10.6. The zero-order chi connectivity index (χ0) is 15.5. The van der Waals surface area contributed by atoms with Gasteiger partial charge in [0.15, 0.2) is 0 Å². The van der Waals surface area contributed by atoms with Gasteiger partial charge in [-0.2, -0.15) is 0 Å². The van der Waals surface area contributed by atoms with Crippen LogP contribution in [0.25, 0.3) is 0 Å². The van der Waals surface area contributed by atoms with Crippen LogP contribution in [0.2, 0.25) is 5.02 Å². The number of benzene rings is 1. The van der Waals surface area contributed by atoms with Crippen molar-refractivity contribution >= 4 is 23.3 Å². The molecule has 0 saturated carbocycles. The fraction of sp³-hybridized carbons (Fsp3) is 0.250. The van der Waals surface area contributed by atoms with Gasteiger partial charge in [-0.25, -0.2) is 9.37 Å². The van der Waals surface area contributed by atoms with E-state index in [0.717, 1.165) is 5.82 Å². The van der Waals surface area contributed by atoms with E-state index in [1.54, 1.807) is 12.3 Å². The molecule has 1 aliphatic heterocycles. The quantitative estimate of drug-likeness (QED) is 0.941. The number of pyridine rings is 1. The van der Waals surface area contributed by atoms with Crippen LogP contribution in [-0.2, 0) is 11.2 Å². The SMILES string of the molecule is O=C(Cc1c(F)cccc1Cl)NC1CN(c2ccccn2)C1. The van der Waals surface area contributed by atoms with Gasteiger partial charge in [-0.3, -0.25) is 4.79 Å². The lowest BCUT2D eigenvalue weighted by Gasteiger charge is -2.40. The molecular weight excluding hydrogens is 305 g/mol. The zero-order valence-corrected chi connectivity index (χ0v) is 12.6. The van der Waals surface area contributed by atoms with Crippen molar-refractivity contribution in [1.29, 1.82) is 0 Å². The van der Waals surface area contributed by atoms with E-state index in [2.05, 4.69) is 15.2 Å². The van der Waals surface area contributed by atoms with Crippen molar-refractivity contribution in [2.75, 3.05) is 18.0 Å². The molecule has 2 heterocycles. The first-order valence-corrected chi connectivity index (χ1v) is 7.39. The number of anilines is 1. The Balaban J connectivity index is 1.52. The molecule has 0 atom stereocenters. The largest absolute Gasteiger partial charge is 0.352 e. The summed E-state index contributed by atoms with van der Waals surface area (Å²) < 4.78 is 13.6. The number of carbonyl (C=O) groups excluding carboxylic acids is 1. The molecule has 114 valence electrons. The number of aromatic nitrogens is 1. The van der Waals surface area contributed by atoms with Crippen molar-refractivity contribution in [2.24, 2.45) is 0 Å². The highest BCUT2D eigenvalue weighted by Crippen LogP contribution is 2.20. The minimum atomic E-state index is -0.452. The van der Waals surface area contributed by atoms with E-state index < -0.39 is 5.82 Å². The lowest BCUT2D eigenvalue weighted by Crippen LogP contribution is -2.60. The summed E-state index contributed by atoms with van der Waals surface area (Å²) in [5.74, 6) is 0.217. The third-order valence-electron chi connectivity index (χ3n) is 3.62. The van der Waals surface area contributed by atoms with E-state index in [0.29, 0.717) is 13.1 Å². The van der Waals surface area contributed by atoms with E-state index in [1.165, 1.54) is 12.1 Å². The van der Waals surface area contributed by atoms with Crippen molar-refractivity contribution in [3.63, 3.8) is 0 Å². The molecule has 2 aromatic rings. The molecule has 0 aliphatic carbocycles. The average Bonchev–Trinajstić information content (AvgIpc) is 2.47. The van der Waals surface area contributed by atoms with Gasteiger partial charge >= 0.3 is 0 Å². The second-order valence-corrected chi connectivity index (χ2v) is 5.64. The number of nitrogens with zero attached hydrogens (tertiary/aromatic N) is 2. The molecule has 1 amide bonds. The number of amides is 1. The minimum Gasteiger partial charge on any atom is -0.352 e. The van der Waals surface area contributed by atoms with Crippen LogP contribution in [0.1, 0.15) is 5.56 Å². The third kappa shape index (κ3) is 3.20. The van der Waals surface area contributed by atoms with Gasteiger partial charge in [-0.1, -0.05) is 23.7 Å². The Morgan fingerprint density at radius 3 is 2.82 bits per heavy atom. The standard InChI is InChI=1S/C16H15ClFN3O/c17-13-4-3-5-14(18)12(13)8-16(22)20-11-9-21(10-11)15-6-1-2-7-19-15/h1-7,11H,8-10H2,(H,20,22). The van der Waals surface area contributed by atoms with Crippen LogP contribution in [0.4, 0.5) is 10.2 Å². The second kappa shape index (κ2) is 6.32. The summed E-state index contributed by atoms with van der Waals surface area (Å²) >= 11 is 5.92. The van der Waals surface area contributed by atoms with Gasteiger partial charge in [-0.05, 0) is 24.3 Å². The smallest absolute Gasteiger partial charge is 0.224 e. The van der Waals surface area contributed by atoms with Crippen molar-refractivity contribution in [2.45, 2.75) is 12.5 Å². The highest BCUT2D eigenvalue weighted by Gasteiger charge is 2.29. The number of carbonyl (C=O) groups is 1. The van der Waals surface area contributed by atoms with Crippen LogP contribution >= 0.6 is 11.6 Å². The summed E-state index contributed by atoms with van der Waals surface area (Å²) in [7, 11) is 0. The Kier molecular flexibility index (Phi) is 4.24. The highest BCUT2D eigenvalue weighted by molar-refractivity contribution is 6.31. The van der Waals surface area contributed by atoms with Crippen molar-refractivity contribution < 1.29 is 9.18 Å². The molecule has 1 fully saturated rings. The Labute approximate surface area is 132 Å². The summed E-state index contributed by atoms with van der Waals surface area (Å²) in [4.78, 5) is 18.3. The van der Waals surface area contributed by atoms with Crippen LogP contribution in [-0.4, -0.2) is 30.0 Å². The molecule has 3 rings (SSSR count). The zero-order valence-electron chi connectivity index (χ0n) is 11.8. The van der Waals surface area contributed by atoms with Gasteiger partial charge in [0.2, 0.25) is 5.91 Å². The van der Waals surface area contributed by atoms with Crippen LogP contribution in [0, 0.1) is 5.82 Å². The predicted octanol–water partition coefficient (Wildman–Crippen LogP) is 2.42. The van der Waals surface area contributed by atoms with Gasteiger partial charge in [0, 0.05) is 29.9 Å². The molecule has 0 bridgehead atoms. The number of nitrogens with one attached hydrogen (secondary N) is 1. The minimum absolute atomic E-state index is 0.0500. The fourth-order valence-electron chi connectivity index (χ4n) is 2.44. The van der Waals surface area contributed by atoms with E-state index in [9.17, 15) is 9.18 Å². The number of rotatable bonds is 4. The average molecular weight is 320 g/mol. The molecule has 1 aliphatic rings. The Morgan fingerprint density at radius 2 is 2.14 bits per heavy atom. The summed E-state index contributed by atoms with van der Waals surface area (Å²) in [6.07, 6.45) is 1.69.